The lowest BCUT2D eigenvalue weighted by molar-refractivity contribution is -0.156. The van der Waals surface area contributed by atoms with Gasteiger partial charge in [-0.25, -0.2) is 53.7 Å². The van der Waals surface area contributed by atoms with Gasteiger partial charge in [-0.05, 0) is 105 Å². The first-order valence-corrected chi connectivity index (χ1v) is 50.3. The van der Waals surface area contributed by atoms with Crippen LogP contribution in [0.4, 0.5) is 23.8 Å². The number of phosphoric ester groups is 1. The topological polar surface area (TPSA) is 559 Å². The van der Waals surface area contributed by atoms with Gasteiger partial charge in [-0.1, -0.05) is 145 Å². The van der Waals surface area contributed by atoms with Crippen LogP contribution in [0.15, 0.2) is 152 Å². The normalized spacial score (nSPS) is 20.7. The molecule has 0 bridgehead atoms. The van der Waals surface area contributed by atoms with E-state index in [0.717, 1.165) is 22.3 Å². The number of amides is 2. The fraction of sp³-hybridized carbons (Fsp3) is 0.510. The first kappa shape index (κ1) is 111. The number of benzene rings is 4. The number of hydrogen-bond acceptors (Lipinski definition) is 37. The summed E-state index contributed by atoms with van der Waals surface area (Å²) >= 11 is 0. The predicted molar refractivity (Wildman–Crippen MR) is 535 cm³/mol. The molecular weight excluding hydrogens is 1950 g/mol. The van der Waals surface area contributed by atoms with E-state index in [1.54, 1.807) is 86.5 Å². The Kier molecular flexibility index (Phi) is 37.1. The van der Waals surface area contributed by atoms with Crippen molar-refractivity contribution in [1.29, 1.82) is 10.5 Å². The van der Waals surface area contributed by atoms with Crippen molar-refractivity contribution in [2.45, 2.75) is 244 Å². The molecule has 10 aromatic rings. The molecule has 4 aromatic carbocycles. The molecule has 2 amide bonds. The van der Waals surface area contributed by atoms with Crippen molar-refractivity contribution in [2.75, 3.05) is 91.7 Å². The van der Waals surface area contributed by atoms with Crippen LogP contribution in [-0.4, -0.2) is 244 Å². The molecule has 4 fully saturated rings. The quantitative estimate of drug-likeness (QED) is 0.00907. The summed E-state index contributed by atoms with van der Waals surface area (Å²) in [6.07, 6.45) is -1.57. The number of aliphatic imine (C=N–C) groups is 2. The first-order chi connectivity index (χ1) is 69.9. The van der Waals surface area contributed by atoms with Crippen molar-refractivity contribution in [3.05, 3.63) is 186 Å². The van der Waals surface area contributed by atoms with Crippen LogP contribution >= 0.6 is 16.4 Å². The van der Waals surface area contributed by atoms with E-state index >= 15 is 0 Å². The number of ether oxygens (including phenoxy) is 10. The highest BCUT2D eigenvalue weighted by Crippen LogP contribution is 2.55. The molecule has 14 atom stereocenters. The largest absolute Gasteiger partial charge is 0.484 e. The molecule has 49 heteroatoms. The number of nitrogens with one attached hydrogen (secondary N) is 4. The van der Waals surface area contributed by atoms with E-state index in [2.05, 4.69) is 154 Å². The Bertz CT molecular complexity index is 6660. The summed E-state index contributed by atoms with van der Waals surface area (Å²) < 4.78 is 117. The summed E-state index contributed by atoms with van der Waals surface area (Å²) in [5.41, 5.74) is 1.40. The van der Waals surface area contributed by atoms with Crippen LogP contribution in [0.1, 0.15) is 195 Å². The van der Waals surface area contributed by atoms with Gasteiger partial charge in [-0.3, -0.25) is 71.6 Å². The molecule has 14 rings (SSSR count). The van der Waals surface area contributed by atoms with Crippen molar-refractivity contribution >= 4 is 99.0 Å². The van der Waals surface area contributed by atoms with Crippen molar-refractivity contribution < 1.29 is 98.3 Å². The Hall–Kier alpha value is -13.5. The molecule has 0 aliphatic carbocycles. The fourth-order valence-electron chi connectivity index (χ4n) is 15.6. The third kappa shape index (κ3) is 30.6. The Morgan fingerprint density at radius 3 is 1.20 bits per heavy atom. The van der Waals surface area contributed by atoms with Gasteiger partial charge in [-0.2, -0.15) is 30.5 Å². The maximum absolute atomic E-state index is 14.6. The number of nitriles is 2. The number of aromatic amines is 2. The van der Waals surface area contributed by atoms with Crippen molar-refractivity contribution in [3.63, 3.8) is 0 Å². The van der Waals surface area contributed by atoms with E-state index in [4.69, 9.17) is 74.5 Å². The maximum Gasteiger partial charge on any atom is 0.475 e. The standard InChI is InChI=1S/C49H62N11O13P.C49H62N11O12P/c1-10-34-36(23-40(70-34)60-29-53-45(57-47(60)64)52-27-58(8)9)73-74(65,68-21-11-20-50)69-24-37-35(72-41(62)26-67-33-18-14-31(15-19-33)49(5,6)7)22-39(71-37)59-28-51-42-43(59)55-46(56-44(42)63)54-38(61)25-66-32-16-12-30(13-17-32)48(2,3)4;1-10-34-36(23-40(69-34)60-29-53-45(57-47(60)64)52-27-58(8)9)72-73(67-21-11-20-50)68-24-37-35(71-41(62)26-66-33-18-14-31(15-19-33)49(5,6)7)22-39(70-37)59-28-51-42-43(59)55-46(56-44(42)63)54-38(61)25-65-32-16-12-30(13-17-32)48(2,3)4/h12-19,27-29,34-37,39-40H,10-11,21-26H2,1-9H3,(H2,54,55,56,61,63);12-19,27-29,34-37,39-40H,10-11,21-26H2,1-9H3,(H2,54,55,56,61,63)/t34-,35?,36?,37-,39-,40-,74?;34-,35?,36?,37-,39-,40-,73?/m11/s1. The van der Waals surface area contributed by atoms with Gasteiger partial charge in [-0.15, -0.1) is 0 Å². The number of anilines is 2. The molecule has 0 radical (unpaired) electrons. The number of rotatable bonds is 42. The van der Waals surface area contributed by atoms with Gasteiger partial charge in [0.05, 0.1) is 101 Å². The Balaban J connectivity index is 0.000000246. The van der Waals surface area contributed by atoms with Gasteiger partial charge in [0.15, 0.2) is 48.8 Å². The fourth-order valence-corrected chi connectivity index (χ4v) is 18.1. The zero-order valence-electron chi connectivity index (χ0n) is 85.1. The highest BCUT2D eigenvalue weighted by molar-refractivity contribution is 7.48. The second-order valence-electron chi connectivity index (χ2n) is 39.3. The van der Waals surface area contributed by atoms with Gasteiger partial charge in [0.2, 0.25) is 11.9 Å². The Morgan fingerprint density at radius 2 is 0.823 bits per heavy atom. The van der Waals surface area contributed by atoms with Gasteiger partial charge in [0.25, 0.3) is 34.8 Å². The number of H-pyrrole nitrogens is 2. The molecule has 147 heavy (non-hydrogen) atoms. The second-order valence-corrected chi connectivity index (χ2v) is 42.1. The SMILES string of the molecule is CC[C@H]1O[C@@H](n2cnc(N=CN(C)C)nc2=O)CC1OP(=O)(OCCC#N)OC[C@H]1O[C@@H](n2cnc3c(=O)[nH]c(NC(=O)COc4ccc(C(C)(C)C)cc4)nc32)CC1OC(=O)COc1ccc(C(C)(C)C)cc1.CC[C@H]1O[C@@H](n2cnc(N=CN(C)C)nc2=O)CC1OP(OCCC#N)OC[C@H]1O[C@@H](n2cnc3c(=O)[nH]c(NC(=O)COc4ccc(C(C)(C)C)cc4)nc32)CC1OC(=O)COc1ccc(C(C)(C)C)cc1. The van der Waals surface area contributed by atoms with E-state index in [-0.39, 0.29) is 139 Å². The number of esters is 2. The molecule has 47 nitrogen and oxygen atoms in total. The highest BCUT2D eigenvalue weighted by Gasteiger charge is 2.48. The number of phosphoric acid groups is 1. The van der Waals surface area contributed by atoms with Crippen molar-refractivity contribution in [2.24, 2.45) is 9.98 Å². The number of aromatic nitrogens is 14. The van der Waals surface area contributed by atoms with E-state index in [1.807, 2.05) is 74.5 Å². The molecule has 10 heterocycles. The van der Waals surface area contributed by atoms with Crippen LogP contribution in [-0.2, 0) is 101 Å². The Morgan fingerprint density at radius 1 is 0.469 bits per heavy atom. The van der Waals surface area contributed by atoms with Gasteiger partial charge in [0.1, 0.15) is 85.0 Å². The van der Waals surface area contributed by atoms with E-state index < -0.39 is 156 Å². The minimum atomic E-state index is -4.61. The summed E-state index contributed by atoms with van der Waals surface area (Å²) in [7, 11) is 0.235. The molecule has 0 saturated carbocycles. The van der Waals surface area contributed by atoms with Gasteiger partial charge < -0.3 is 70.7 Å². The van der Waals surface area contributed by atoms with Crippen LogP contribution in [0.3, 0.4) is 0 Å². The van der Waals surface area contributed by atoms with Crippen LogP contribution in [0, 0.1) is 22.7 Å². The molecule has 4 aliphatic heterocycles. The van der Waals surface area contributed by atoms with Crippen LogP contribution in [0.2, 0.25) is 0 Å². The van der Waals surface area contributed by atoms with Crippen LogP contribution < -0.4 is 52.1 Å². The highest BCUT2D eigenvalue weighted by atomic mass is 31.2. The summed E-state index contributed by atoms with van der Waals surface area (Å²) in [6.45, 7) is 26.0. The molecule has 4 saturated heterocycles. The third-order valence-electron chi connectivity index (χ3n) is 23.4. The van der Waals surface area contributed by atoms with Crippen molar-refractivity contribution in [3.8, 4) is 35.1 Å². The molecule has 4 aliphatic rings. The Labute approximate surface area is 848 Å². The smallest absolute Gasteiger partial charge is 0.475 e. The number of fused-ring (bicyclic) bond motifs is 2. The number of imidazole rings is 2. The summed E-state index contributed by atoms with van der Waals surface area (Å²) in [5.74, 6) is -1.21. The molecule has 4 N–H and O–H groups in total. The van der Waals surface area contributed by atoms with Crippen molar-refractivity contribution in [1.82, 2.24) is 77.9 Å². The number of hydrogen-bond donors (Lipinski definition) is 4. The number of carbonyl (C=O) groups excluding carboxylic acids is 4. The monoisotopic (exact) mass is 2070 g/mol. The molecule has 6 aromatic heterocycles. The first-order valence-electron chi connectivity index (χ1n) is 47.7. The summed E-state index contributed by atoms with van der Waals surface area (Å²) in [6, 6.07) is 33.5. The summed E-state index contributed by atoms with van der Waals surface area (Å²) in [4.78, 5) is 156. The van der Waals surface area contributed by atoms with Gasteiger partial charge in [0, 0.05) is 53.9 Å². The predicted octanol–water partition coefficient (Wildman–Crippen LogP) is 12.2. The maximum atomic E-state index is 14.6. The average molecular weight is 2070 g/mol. The zero-order valence-corrected chi connectivity index (χ0v) is 86.9. The lowest BCUT2D eigenvalue weighted by Gasteiger charge is -2.25. The summed E-state index contributed by atoms with van der Waals surface area (Å²) in [5, 5.41) is 23.8. The average Bonchev–Trinajstić information content (AvgIpc) is 1.62. The third-order valence-corrected chi connectivity index (χ3v) is 26.1. The van der Waals surface area contributed by atoms with E-state index in [9.17, 15) is 53.4 Å². The number of carbonyl (C=O) groups is 4. The molecule has 786 valence electrons. The van der Waals surface area contributed by atoms with E-state index in [1.165, 1.54) is 56.3 Å². The second kappa shape index (κ2) is 49.3. The lowest BCUT2D eigenvalue weighted by Crippen LogP contribution is -2.33. The molecular formula is C98H124N22O25P2. The van der Waals surface area contributed by atoms with Crippen LogP contribution in [0.5, 0.6) is 23.0 Å². The minimum Gasteiger partial charge on any atom is -0.484 e. The van der Waals surface area contributed by atoms with Gasteiger partial charge >= 0.3 is 39.7 Å². The lowest BCUT2D eigenvalue weighted by atomic mass is 9.87. The molecule has 6 unspecified atom stereocenters. The van der Waals surface area contributed by atoms with Crippen LogP contribution in [0.25, 0.3) is 22.3 Å². The molecule has 0 spiro atoms. The number of nitrogens with zero attached hydrogens (tertiary/aromatic N) is 18. The zero-order chi connectivity index (χ0) is 106. The van der Waals surface area contributed by atoms with E-state index in [0.29, 0.717) is 35.8 Å². The minimum absolute atomic E-state index is 0.00102.